The molecule has 114 valence electrons. The Morgan fingerprint density at radius 3 is 2.80 bits per heavy atom. The highest BCUT2D eigenvalue weighted by Crippen LogP contribution is 2.45. The normalized spacial score (nSPS) is 26.9. The van der Waals surface area contributed by atoms with Crippen LogP contribution in [0.2, 0.25) is 0 Å². The first-order valence-electron chi connectivity index (χ1n) is 7.82. The largest absolute Gasteiger partial charge is 0.383 e. The number of hydrogen-bond donors (Lipinski definition) is 1. The van der Waals surface area contributed by atoms with Gasteiger partial charge in [-0.2, -0.15) is 0 Å². The molecule has 2 atom stereocenters. The third-order valence-electron chi connectivity index (χ3n) is 4.72. The van der Waals surface area contributed by atoms with Crippen LogP contribution in [0.1, 0.15) is 54.6 Å². The molecule has 1 saturated carbocycles. The Kier molecular flexibility index (Phi) is 5.58. The molecule has 1 fully saturated rings. The Balaban J connectivity index is 2.31. The molecule has 1 heterocycles. The average molecular weight is 296 g/mol. The molecular weight excluding hydrogens is 268 g/mol. The van der Waals surface area contributed by atoms with E-state index in [1.807, 2.05) is 11.3 Å². The van der Waals surface area contributed by atoms with E-state index in [1.54, 1.807) is 7.11 Å². The van der Waals surface area contributed by atoms with Crippen molar-refractivity contribution < 1.29 is 4.74 Å². The number of ether oxygens (including phenoxy) is 1. The zero-order valence-electron chi connectivity index (χ0n) is 13.3. The summed E-state index contributed by atoms with van der Waals surface area (Å²) < 4.78 is 5.23. The summed E-state index contributed by atoms with van der Waals surface area (Å²) in [5.41, 5.74) is 1.27. The van der Waals surface area contributed by atoms with Gasteiger partial charge in [-0.3, -0.25) is 0 Å². The van der Waals surface area contributed by atoms with Crippen molar-refractivity contribution in [3.05, 3.63) is 15.6 Å². The molecule has 4 heteroatoms. The highest BCUT2D eigenvalue weighted by molar-refractivity contribution is 7.11. The number of nitrogens with zero attached hydrogens (tertiary/aromatic N) is 1. The molecule has 1 aromatic heterocycles. The summed E-state index contributed by atoms with van der Waals surface area (Å²) in [6, 6.07) is 0. The smallest absolute Gasteiger partial charge is 0.114 e. The standard InChI is InChI=1S/C16H28N2OS/c1-5-14-8-6-7-9-16(14,17-10-11-19-4)15-18-12(2)13(3)20-15/h14,17H,5-11H2,1-4H3. The van der Waals surface area contributed by atoms with Crippen molar-refractivity contribution in [3.8, 4) is 0 Å². The van der Waals surface area contributed by atoms with Crippen LogP contribution in [0.5, 0.6) is 0 Å². The lowest BCUT2D eigenvalue weighted by Gasteiger charge is -2.43. The van der Waals surface area contributed by atoms with Crippen LogP contribution in [0.4, 0.5) is 0 Å². The molecule has 20 heavy (non-hydrogen) atoms. The number of aryl methyl sites for hydroxylation is 2. The predicted octanol–water partition coefficient (Wildman–Crippen LogP) is 3.79. The molecule has 0 amide bonds. The van der Waals surface area contributed by atoms with E-state index in [9.17, 15) is 0 Å². The molecular formula is C16H28N2OS. The van der Waals surface area contributed by atoms with E-state index in [0.717, 1.165) is 13.2 Å². The summed E-state index contributed by atoms with van der Waals surface area (Å²) >= 11 is 1.88. The zero-order valence-corrected chi connectivity index (χ0v) is 14.1. The molecule has 1 aliphatic carbocycles. The Bertz CT molecular complexity index is 413. The van der Waals surface area contributed by atoms with E-state index < -0.39 is 0 Å². The minimum atomic E-state index is 0.0786. The highest BCUT2D eigenvalue weighted by atomic mass is 32.1. The van der Waals surface area contributed by atoms with Gasteiger partial charge in [0.05, 0.1) is 17.8 Å². The maximum absolute atomic E-state index is 5.23. The third-order valence-corrected chi connectivity index (χ3v) is 5.97. The first kappa shape index (κ1) is 15.9. The Hall–Kier alpha value is -0.450. The molecule has 3 nitrogen and oxygen atoms in total. The Morgan fingerprint density at radius 2 is 2.20 bits per heavy atom. The van der Waals surface area contributed by atoms with Crippen LogP contribution in [0.25, 0.3) is 0 Å². The van der Waals surface area contributed by atoms with Crippen molar-refractivity contribution in [2.24, 2.45) is 5.92 Å². The van der Waals surface area contributed by atoms with Crippen molar-refractivity contribution in [3.63, 3.8) is 0 Å². The number of rotatable bonds is 6. The van der Waals surface area contributed by atoms with Gasteiger partial charge in [0, 0.05) is 18.5 Å². The summed E-state index contributed by atoms with van der Waals surface area (Å²) in [7, 11) is 1.77. The maximum Gasteiger partial charge on any atom is 0.114 e. The number of hydrogen-bond acceptors (Lipinski definition) is 4. The van der Waals surface area contributed by atoms with Crippen molar-refractivity contribution in [1.29, 1.82) is 0 Å². The third kappa shape index (κ3) is 3.07. The van der Waals surface area contributed by atoms with Gasteiger partial charge in [-0.05, 0) is 32.6 Å². The first-order valence-corrected chi connectivity index (χ1v) is 8.64. The minimum absolute atomic E-state index is 0.0786. The molecule has 0 saturated heterocycles. The number of aromatic nitrogens is 1. The van der Waals surface area contributed by atoms with E-state index in [4.69, 9.17) is 9.72 Å². The summed E-state index contributed by atoms with van der Waals surface area (Å²) in [6.07, 6.45) is 6.40. The van der Waals surface area contributed by atoms with Gasteiger partial charge < -0.3 is 10.1 Å². The first-order chi connectivity index (χ1) is 9.64. The molecule has 1 aliphatic rings. The maximum atomic E-state index is 5.23. The van der Waals surface area contributed by atoms with Crippen molar-refractivity contribution in [2.75, 3.05) is 20.3 Å². The van der Waals surface area contributed by atoms with Crippen LogP contribution in [0.15, 0.2) is 0 Å². The highest BCUT2D eigenvalue weighted by Gasteiger charge is 2.43. The van der Waals surface area contributed by atoms with Crippen molar-refractivity contribution in [2.45, 2.75) is 58.4 Å². The number of nitrogens with one attached hydrogen (secondary N) is 1. The molecule has 1 aromatic rings. The quantitative estimate of drug-likeness (QED) is 0.811. The van der Waals surface area contributed by atoms with Crippen LogP contribution in [0.3, 0.4) is 0 Å². The summed E-state index contributed by atoms with van der Waals surface area (Å²) in [5, 5.41) is 5.12. The zero-order chi connectivity index (χ0) is 14.6. The fourth-order valence-electron chi connectivity index (χ4n) is 3.43. The van der Waals surface area contributed by atoms with Crippen LogP contribution < -0.4 is 5.32 Å². The fourth-order valence-corrected chi connectivity index (χ4v) is 4.62. The second-order valence-electron chi connectivity index (χ2n) is 5.90. The summed E-state index contributed by atoms with van der Waals surface area (Å²) in [4.78, 5) is 6.25. The van der Waals surface area contributed by atoms with Gasteiger partial charge in [-0.1, -0.05) is 26.2 Å². The summed E-state index contributed by atoms with van der Waals surface area (Å²) in [6.45, 7) is 8.30. The van der Waals surface area contributed by atoms with Gasteiger partial charge >= 0.3 is 0 Å². The van der Waals surface area contributed by atoms with E-state index in [1.165, 1.54) is 47.7 Å². The van der Waals surface area contributed by atoms with Crippen molar-refractivity contribution >= 4 is 11.3 Å². The molecule has 2 rings (SSSR count). The molecule has 0 spiro atoms. The second kappa shape index (κ2) is 7.01. The SMILES string of the molecule is CCC1CCCCC1(NCCOC)c1nc(C)c(C)s1. The summed E-state index contributed by atoms with van der Waals surface area (Å²) in [5.74, 6) is 0.693. The molecule has 1 N–H and O–H groups in total. The van der Waals surface area contributed by atoms with Crippen molar-refractivity contribution in [1.82, 2.24) is 10.3 Å². The Morgan fingerprint density at radius 1 is 1.40 bits per heavy atom. The lowest BCUT2D eigenvalue weighted by Crippen LogP contribution is -2.51. The van der Waals surface area contributed by atoms with E-state index in [2.05, 4.69) is 26.1 Å². The van der Waals surface area contributed by atoms with Gasteiger partial charge in [0.25, 0.3) is 0 Å². The lowest BCUT2D eigenvalue weighted by molar-refractivity contribution is 0.115. The number of thiazole rings is 1. The molecule has 0 aliphatic heterocycles. The van der Waals surface area contributed by atoms with Crippen LogP contribution in [-0.4, -0.2) is 25.2 Å². The number of methoxy groups -OCH3 is 1. The molecule has 0 radical (unpaired) electrons. The fraction of sp³-hybridized carbons (Fsp3) is 0.812. The minimum Gasteiger partial charge on any atom is -0.383 e. The second-order valence-corrected chi connectivity index (χ2v) is 7.11. The molecule has 2 unspecified atom stereocenters. The van der Waals surface area contributed by atoms with E-state index in [-0.39, 0.29) is 5.54 Å². The van der Waals surface area contributed by atoms with Crippen LogP contribution in [-0.2, 0) is 10.3 Å². The molecule has 0 aromatic carbocycles. The van der Waals surface area contributed by atoms with Gasteiger partial charge in [0.2, 0.25) is 0 Å². The molecule has 0 bridgehead atoms. The average Bonchev–Trinajstić information content (AvgIpc) is 2.80. The van der Waals surface area contributed by atoms with Gasteiger partial charge in [-0.15, -0.1) is 11.3 Å². The van der Waals surface area contributed by atoms with Gasteiger partial charge in [0.1, 0.15) is 5.01 Å². The van der Waals surface area contributed by atoms with E-state index in [0.29, 0.717) is 5.92 Å². The van der Waals surface area contributed by atoms with Gasteiger partial charge in [0.15, 0.2) is 0 Å². The predicted molar refractivity (Wildman–Crippen MR) is 85.4 cm³/mol. The van der Waals surface area contributed by atoms with Crippen LogP contribution in [0, 0.1) is 19.8 Å². The van der Waals surface area contributed by atoms with Crippen LogP contribution >= 0.6 is 11.3 Å². The van der Waals surface area contributed by atoms with E-state index >= 15 is 0 Å². The Labute approximate surface area is 127 Å². The monoisotopic (exact) mass is 296 g/mol. The lowest BCUT2D eigenvalue weighted by atomic mass is 9.71. The topological polar surface area (TPSA) is 34.1 Å². The van der Waals surface area contributed by atoms with Gasteiger partial charge in [-0.25, -0.2) is 4.98 Å².